The van der Waals surface area contributed by atoms with Crippen LogP contribution in [0.4, 0.5) is 0 Å². The van der Waals surface area contributed by atoms with Crippen LogP contribution in [0.3, 0.4) is 0 Å². The van der Waals surface area contributed by atoms with Crippen molar-refractivity contribution in [3.8, 4) is 0 Å². The lowest BCUT2D eigenvalue weighted by molar-refractivity contribution is -0.125. The topological polar surface area (TPSA) is 84.2 Å². The largest absolute Gasteiger partial charge is 0.354 e. The van der Waals surface area contributed by atoms with Gasteiger partial charge in [0.1, 0.15) is 0 Å². The SMILES string of the molecule is CC(CCN)CCC(=O)NC1CCC(=O)NC1. The van der Waals surface area contributed by atoms with Crippen molar-refractivity contribution >= 4 is 11.8 Å². The molecule has 1 saturated heterocycles. The van der Waals surface area contributed by atoms with Crippen LogP contribution in [0, 0.1) is 5.92 Å². The minimum absolute atomic E-state index is 0.0760. The number of piperidine rings is 1. The molecule has 2 amide bonds. The second kappa shape index (κ2) is 7.27. The Hall–Kier alpha value is -1.10. The van der Waals surface area contributed by atoms with E-state index < -0.39 is 0 Å². The highest BCUT2D eigenvalue weighted by Crippen LogP contribution is 2.09. The van der Waals surface area contributed by atoms with E-state index in [9.17, 15) is 9.59 Å². The van der Waals surface area contributed by atoms with E-state index in [1.54, 1.807) is 0 Å². The number of hydrogen-bond acceptors (Lipinski definition) is 3. The third-order valence-corrected chi connectivity index (χ3v) is 3.15. The molecule has 17 heavy (non-hydrogen) atoms. The van der Waals surface area contributed by atoms with Crippen molar-refractivity contribution in [3.63, 3.8) is 0 Å². The Morgan fingerprint density at radius 3 is 2.94 bits per heavy atom. The highest BCUT2D eigenvalue weighted by Gasteiger charge is 2.19. The molecule has 5 nitrogen and oxygen atoms in total. The van der Waals surface area contributed by atoms with Crippen LogP contribution in [0.2, 0.25) is 0 Å². The van der Waals surface area contributed by atoms with Gasteiger partial charge in [0.05, 0.1) is 0 Å². The molecular formula is C12H23N3O2. The molecule has 0 aliphatic carbocycles. The molecule has 2 unspecified atom stereocenters. The first-order valence-corrected chi connectivity index (χ1v) is 6.38. The first-order chi connectivity index (χ1) is 8.11. The number of amides is 2. The molecule has 0 aromatic rings. The summed E-state index contributed by atoms with van der Waals surface area (Å²) in [6, 6.07) is 0.102. The van der Waals surface area contributed by atoms with Gasteiger partial charge in [-0.3, -0.25) is 9.59 Å². The second-order valence-electron chi connectivity index (χ2n) is 4.83. The molecule has 5 heteroatoms. The van der Waals surface area contributed by atoms with Gasteiger partial charge < -0.3 is 16.4 Å². The van der Waals surface area contributed by atoms with Gasteiger partial charge in [0, 0.05) is 25.4 Å². The summed E-state index contributed by atoms with van der Waals surface area (Å²) in [7, 11) is 0. The molecule has 1 aliphatic heterocycles. The number of rotatable bonds is 6. The minimum Gasteiger partial charge on any atom is -0.354 e. The summed E-state index contributed by atoms with van der Waals surface area (Å²) in [6.07, 6.45) is 3.64. The highest BCUT2D eigenvalue weighted by molar-refractivity contribution is 5.78. The third-order valence-electron chi connectivity index (χ3n) is 3.15. The summed E-state index contributed by atoms with van der Waals surface area (Å²) in [4.78, 5) is 22.6. The Kier molecular flexibility index (Phi) is 5.97. The Morgan fingerprint density at radius 2 is 2.35 bits per heavy atom. The number of nitrogens with one attached hydrogen (secondary N) is 2. The lowest BCUT2D eigenvalue weighted by atomic mass is 10.0. The lowest BCUT2D eigenvalue weighted by Crippen LogP contribution is -2.47. The number of hydrogen-bond donors (Lipinski definition) is 3. The first kappa shape index (κ1) is 14.0. The van der Waals surface area contributed by atoms with Gasteiger partial charge in [-0.2, -0.15) is 0 Å². The molecule has 1 rings (SSSR count). The van der Waals surface area contributed by atoms with E-state index in [0.29, 0.717) is 31.8 Å². The van der Waals surface area contributed by atoms with Gasteiger partial charge in [0.25, 0.3) is 0 Å². The van der Waals surface area contributed by atoms with E-state index in [4.69, 9.17) is 5.73 Å². The lowest BCUT2D eigenvalue weighted by Gasteiger charge is -2.23. The van der Waals surface area contributed by atoms with Crippen LogP contribution in [0.15, 0.2) is 0 Å². The molecule has 98 valence electrons. The average molecular weight is 241 g/mol. The zero-order chi connectivity index (χ0) is 12.7. The van der Waals surface area contributed by atoms with Gasteiger partial charge in [-0.25, -0.2) is 0 Å². The Bertz CT molecular complexity index is 258. The predicted molar refractivity (Wildman–Crippen MR) is 66.2 cm³/mol. The zero-order valence-corrected chi connectivity index (χ0v) is 10.5. The van der Waals surface area contributed by atoms with E-state index in [1.165, 1.54) is 0 Å². The van der Waals surface area contributed by atoms with Crippen LogP contribution in [0.25, 0.3) is 0 Å². The standard InChI is InChI=1S/C12H23N3O2/c1-9(6-7-13)2-4-12(17)15-10-3-5-11(16)14-8-10/h9-10H,2-8,13H2,1H3,(H,14,16)(H,15,17). The van der Waals surface area contributed by atoms with Gasteiger partial charge in [0.15, 0.2) is 0 Å². The van der Waals surface area contributed by atoms with Gasteiger partial charge in [-0.1, -0.05) is 6.92 Å². The molecular weight excluding hydrogens is 218 g/mol. The highest BCUT2D eigenvalue weighted by atomic mass is 16.2. The second-order valence-corrected chi connectivity index (χ2v) is 4.83. The normalized spacial score (nSPS) is 21.8. The van der Waals surface area contributed by atoms with Crippen molar-refractivity contribution in [1.82, 2.24) is 10.6 Å². The Morgan fingerprint density at radius 1 is 1.59 bits per heavy atom. The third kappa shape index (κ3) is 5.68. The number of nitrogens with two attached hydrogens (primary N) is 1. The summed E-state index contributed by atoms with van der Waals surface area (Å²) in [5, 5.41) is 5.70. The molecule has 1 heterocycles. The monoisotopic (exact) mass is 241 g/mol. The summed E-state index contributed by atoms with van der Waals surface area (Å²) in [5.74, 6) is 0.652. The number of carbonyl (C=O) groups excluding carboxylic acids is 2. The number of carbonyl (C=O) groups is 2. The molecule has 0 saturated carbocycles. The van der Waals surface area contributed by atoms with Crippen molar-refractivity contribution in [3.05, 3.63) is 0 Å². The van der Waals surface area contributed by atoms with Gasteiger partial charge in [0.2, 0.25) is 11.8 Å². The molecule has 0 radical (unpaired) electrons. The smallest absolute Gasteiger partial charge is 0.220 e. The van der Waals surface area contributed by atoms with Crippen molar-refractivity contribution in [1.29, 1.82) is 0 Å². The van der Waals surface area contributed by atoms with Crippen molar-refractivity contribution in [2.45, 2.75) is 45.1 Å². The van der Waals surface area contributed by atoms with Crippen molar-refractivity contribution in [2.75, 3.05) is 13.1 Å². The molecule has 0 spiro atoms. The average Bonchev–Trinajstić information content (AvgIpc) is 2.30. The summed E-state index contributed by atoms with van der Waals surface area (Å²) in [5.41, 5.74) is 5.46. The fourth-order valence-electron chi connectivity index (χ4n) is 1.96. The molecule has 2 atom stereocenters. The van der Waals surface area contributed by atoms with Crippen molar-refractivity contribution in [2.24, 2.45) is 11.7 Å². The van der Waals surface area contributed by atoms with Gasteiger partial charge in [-0.05, 0) is 31.7 Å². The van der Waals surface area contributed by atoms with Crippen molar-refractivity contribution < 1.29 is 9.59 Å². The summed E-state index contributed by atoms with van der Waals surface area (Å²) < 4.78 is 0. The van der Waals surface area contributed by atoms with Gasteiger partial charge in [-0.15, -0.1) is 0 Å². The Labute approximate surface area is 103 Å². The van der Waals surface area contributed by atoms with Crippen LogP contribution in [0.5, 0.6) is 0 Å². The molecule has 1 fully saturated rings. The quantitative estimate of drug-likeness (QED) is 0.618. The summed E-state index contributed by atoms with van der Waals surface area (Å²) >= 11 is 0. The minimum atomic E-state index is 0.0760. The fraction of sp³-hybridized carbons (Fsp3) is 0.833. The van der Waals surface area contributed by atoms with E-state index in [2.05, 4.69) is 17.6 Å². The van der Waals surface area contributed by atoms with E-state index in [-0.39, 0.29) is 17.9 Å². The van der Waals surface area contributed by atoms with E-state index >= 15 is 0 Å². The van der Waals surface area contributed by atoms with E-state index in [0.717, 1.165) is 19.3 Å². The van der Waals surface area contributed by atoms with Crippen LogP contribution in [-0.2, 0) is 9.59 Å². The maximum atomic E-state index is 11.6. The molecule has 4 N–H and O–H groups in total. The molecule has 1 aliphatic rings. The van der Waals surface area contributed by atoms with Gasteiger partial charge >= 0.3 is 0 Å². The van der Waals surface area contributed by atoms with Crippen LogP contribution in [0.1, 0.15) is 39.0 Å². The molecule has 0 bridgehead atoms. The molecule has 0 aromatic heterocycles. The molecule has 0 aromatic carbocycles. The maximum Gasteiger partial charge on any atom is 0.220 e. The Balaban J connectivity index is 2.14. The van der Waals surface area contributed by atoms with Crippen LogP contribution < -0.4 is 16.4 Å². The summed E-state index contributed by atoms with van der Waals surface area (Å²) in [6.45, 7) is 3.35. The predicted octanol–water partition coefficient (Wildman–Crippen LogP) is 0.146. The van der Waals surface area contributed by atoms with E-state index in [1.807, 2.05) is 0 Å². The van der Waals surface area contributed by atoms with Crippen LogP contribution in [-0.4, -0.2) is 30.9 Å². The maximum absolute atomic E-state index is 11.6. The zero-order valence-electron chi connectivity index (χ0n) is 10.5. The fourth-order valence-corrected chi connectivity index (χ4v) is 1.96. The van der Waals surface area contributed by atoms with Crippen LogP contribution >= 0.6 is 0 Å². The first-order valence-electron chi connectivity index (χ1n) is 6.38.